The molecular weight excluding hydrogens is 216 g/mol. The van der Waals surface area contributed by atoms with E-state index in [1.54, 1.807) is 7.11 Å². The summed E-state index contributed by atoms with van der Waals surface area (Å²) >= 11 is 0. The standard InChI is InChI=1S/C10H22O2Si.C3H6/c1-10(11)8-9(10)13(3,4)7-5-6-12-2;1-2-3-1/h9,11H,5-8H2,1-4H3;1-3H2. The van der Waals surface area contributed by atoms with Crippen LogP contribution in [0.1, 0.15) is 39.0 Å². The lowest BCUT2D eigenvalue weighted by Crippen LogP contribution is -2.29. The van der Waals surface area contributed by atoms with Gasteiger partial charge in [0.2, 0.25) is 0 Å². The minimum atomic E-state index is -1.17. The highest BCUT2D eigenvalue weighted by Gasteiger charge is 2.56. The number of rotatable bonds is 5. The molecule has 0 heterocycles. The van der Waals surface area contributed by atoms with Crippen LogP contribution in [0.4, 0.5) is 0 Å². The summed E-state index contributed by atoms with van der Waals surface area (Å²) in [5.74, 6) is 0. The third kappa shape index (κ3) is 4.98. The molecule has 2 unspecified atom stereocenters. The molecule has 3 heteroatoms. The van der Waals surface area contributed by atoms with Gasteiger partial charge >= 0.3 is 0 Å². The average molecular weight is 244 g/mol. The van der Waals surface area contributed by atoms with E-state index < -0.39 is 8.07 Å². The average Bonchev–Trinajstić information content (AvgIpc) is 3.01. The van der Waals surface area contributed by atoms with E-state index in [0.29, 0.717) is 5.54 Å². The zero-order valence-electron chi connectivity index (χ0n) is 11.4. The molecule has 96 valence electrons. The molecule has 2 aliphatic rings. The fraction of sp³-hybridized carbons (Fsp3) is 1.00. The van der Waals surface area contributed by atoms with Crippen LogP contribution in [-0.2, 0) is 4.74 Å². The topological polar surface area (TPSA) is 29.5 Å². The molecule has 0 aromatic heterocycles. The van der Waals surface area contributed by atoms with Gasteiger partial charge in [-0.1, -0.05) is 38.4 Å². The van der Waals surface area contributed by atoms with Gasteiger partial charge in [-0.05, 0) is 25.3 Å². The quantitative estimate of drug-likeness (QED) is 0.593. The van der Waals surface area contributed by atoms with Crippen LogP contribution >= 0.6 is 0 Å². The van der Waals surface area contributed by atoms with Crippen LogP contribution in [0.15, 0.2) is 0 Å². The van der Waals surface area contributed by atoms with Crippen molar-refractivity contribution >= 4 is 8.07 Å². The summed E-state index contributed by atoms with van der Waals surface area (Å²) in [5.41, 5.74) is 0.292. The van der Waals surface area contributed by atoms with Gasteiger partial charge in [0.05, 0.1) is 13.7 Å². The van der Waals surface area contributed by atoms with Gasteiger partial charge in [0, 0.05) is 13.7 Å². The molecule has 0 aromatic carbocycles. The first-order chi connectivity index (χ1) is 7.40. The van der Waals surface area contributed by atoms with Crippen molar-refractivity contribution in [3.63, 3.8) is 0 Å². The highest BCUT2D eigenvalue weighted by atomic mass is 28.3. The van der Waals surface area contributed by atoms with Crippen LogP contribution in [0, 0.1) is 0 Å². The van der Waals surface area contributed by atoms with Crippen LogP contribution < -0.4 is 0 Å². The predicted molar refractivity (Wildman–Crippen MR) is 71.6 cm³/mol. The molecule has 0 saturated heterocycles. The molecule has 2 saturated carbocycles. The van der Waals surface area contributed by atoms with Crippen LogP contribution in [0.25, 0.3) is 0 Å². The predicted octanol–water partition coefficient (Wildman–Crippen LogP) is 3.43. The molecule has 2 atom stereocenters. The van der Waals surface area contributed by atoms with Gasteiger partial charge in [0.1, 0.15) is 0 Å². The minimum absolute atomic E-state index is 0.331. The molecule has 2 nitrogen and oxygen atoms in total. The molecular formula is C13H28O2Si. The molecule has 1 N–H and O–H groups in total. The van der Waals surface area contributed by atoms with E-state index in [9.17, 15) is 5.11 Å². The normalized spacial score (nSPS) is 31.7. The van der Waals surface area contributed by atoms with Gasteiger partial charge in [-0.15, -0.1) is 0 Å². The summed E-state index contributed by atoms with van der Waals surface area (Å²) in [7, 11) is 0.580. The van der Waals surface area contributed by atoms with Gasteiger partial charge in [0.25, 0.3) is 0 Å². The summed E-state index contributed by atoms with van der Waals surface area (Å²) in [6.07, 6.45) is 6.68. The van der Waals surface area contributed by atoms with Gasteiger partial charge in [-0.3, -0.25) is 0 Å². The molecule has 2 aliphatic carbocycles. The molecule has 0 aliphatic heterocycles. The van der Waals surface area contributed by atoms with Crippen molar-refractivity contribution in [2.75, 3.05) is 13.7 Å². The molecule has 0 amide bonds. The molecule has 0 aromatic rings. The second kappa shape index (κ2) is 5.65. The first-order valence-electron chi connectivity index (χ1n) is 6.61. The molecule has 0 spiro atoms. The van der Waals surface area contributed by atoms with Gasteiger partial charge < -0.3 is 9.84 Å². The SMILES string of the molecule is C1CC1.COCCC[Si](C)(C)C1CC1(C)O. The van der Waals surface area contributed by atoms with Crippen molar-refractivity contribution in [1.29, 1.82) is 0 Å². The Morgan fingerprint density at radius 2 is 1.81 bits per heavy atom. The van der Waals surface area contributed by atoms with E-state index in [4.69, 9.17) is 4.74 Å². The molecule has 16 heavy (non-hydrogen) atoms. The largest absolute Gasteiger partial charge is 0.390 e. The third-order valence-electron chi connectivity index (χ3n) is 3.67. The lowest BCUT2D eigenvalue weighted by atomic mass is 10.4. The van der Waals surface area contributed by atoms with E-state index in [2.05, 4.69) is 13.1 Å². The van der Waals surface area contributed by atoms with E-state index >= 15 is 0 Å². The van der Waals surface area contributed by atoms with Crippen molar-refractivity contribution in [2.45, 2.75) is 69.3 Å². The van der Waals surface area contributed by atoms with Gasteiger partial charge in [0.15, 0.2) is 0 Å². The number of methoxy groups -OCH3 is 1. The molecule has 0 radical (unpaired) electrons. The number of aliphatic hydroxyl groups is 1. The van der Waals surface area contributed by atoms with E-state index in [1.165, 1.54) is 25.3 Å². The zero-order chi connectivity index (χ0) is 12.2. The Labute approximate surface area is 101 Å². The number of ether oxygens (including phenoxy) is 1. The Morgan fingerprint density at radius 1 is 1.31 bits per heavy atom. The smallest absolute Gasteiger partial charge is 0.0626 e. The Hall–Kier alpha value is 0.137. The van der Waals surface area contributed by atoms with E-state index in [-0.39, 0.29) is 5.60 Å². The maximum atomic E-state index is 9.79. The monoisotopic (exact) mass is 244 g/mol. The van der Waals surface area contributed by atoms with E-state index in [0.717, 1.165) is 19.4 Å². The highest BCUT2D eigenvalue weighted by Crippen LogP contribution is 2.56. The Morgan fingerprint density at radius 3 is 2.12 bits per heavy atom. The summed E-state index contributed by atoms with van der Waals surface area (Å²) < 4.78 is 5.05. The first-order valence-corrected chi connectivity index (χ1v) is 9.90. The van der Waals surface area contributed by atoms with Gasteiger partial charge in [-0.2, -0.15) is 0 Å². The number of hydrogen-bond acceptors (Lipinski definition) is 2. The minimum Gasteiger partial charge on any atom is -0.390 e. The van der Waals surface area contributed by atoms with Crippen molar-refractivity contribution in [3.05, 3.63) is 0 Å². The summed E-state index contributed by atoms with van der Waals surface area (Å²) in [6, 6.07) is 1.28. The molecule has 2 rings (SSSR count). The zero-order valence-corrected chi connectivity index (χ0v) is 12.4. The second-order valence-corrected chi connectivity index (χ2v) is 11.4. The maximum absolute atomic E-state index is 9.79. The van der Waals surface area contributed by atoms with E-state index in [1.807, 2.05) is 6.92 Å². The Kier molecular flexibility index (Phi) is 5.01. The third-order valence-corrected chi connectivity index (χ3v) is 8.03. The van der Waals surface area contributed by atoms with Crippen molar-refractivity contribution in [1.82, 2.24) is 0 Å². The van der Waals surface area contributed by atoms with Crippen molar-refractivity contribution in [2.24, 2.45) is 0 Å². The lowest BCUT2D eigenvalue weighted by Gasteiger charge is -2.23. The van der Waals surface area contributed by atoms with Crippen LogP contribution in [0.5, 0.6) is 0 Å². The summed E-state index contributed by atoms with van der Waals surface area (Å²) in [5, 5.41) is 9.79. The first kappa shape index (κ1) is 14.2. The van der Waals surface area contributed by atoms with Crippen molar-refractivity contribution < 1.29 is 9.84 Å². The summed E-state index contributed by atoms with van der Waals surface area (Å²) in [6.45, 7) is 7.61. The van der Waals surface area contributed by atoms with Crippen LogP contribution in [0.2, 0.25) is 24.7 Å². The molecule has 0 bridgehead atoms. The molecule has 2 fully saturated rings. The summed E-state index contributed by atoms with van der Waals surface area (Å²) in [4.78, 5) is 0. The number of hydrogen-bond donors (Lipinski definition) is 1. The highest BCUT2D eigenvalue weighted by molar-refractivity contribution is 6.79. The van der Waals surface area contributed by atoms with Crippen LogP contribution in [-0.4, -0.2) is 32.5 Å². The van der Waals surface area contributed by atoms with Crippen molar-refractivity contribution in [3.8, 4) is 0 Å². The maximum Gasteiger partial charge on any atom is 0.0626 e. The van der Waals surface area contributed by atoms with Crippen LogP contribution in [0.3, 0.4) is 0 Å². The Balaban J connectivity index is 0.000000365. The Bertz CT molecular complexity index is 209. The lowest BCUT2D eigenvalue weighted by molar-refractivity contribution is 0.170. The van der Waals surface area contributed by atoms with Gasteiger partial charge in [-0.25, -0.2) is 0 Å². The fourth-order valence-electron chi connectivity index (χ4n) is 2.32. The second-order valence-electron chi connectivity index (χ2n) is 6.26. The fourth-order valence-corrected chi connectivity index (χ4v) is 6.37.